The van der Waals surface area contributed by atoms with Crippen LogP contribution in [0.4, 0.5) is 22.9 Å². The first-order chi connectivity index (χ1) is 19.7. The molecule has 6 rings (SSSR count). The maximum Gasteiger partial charge on any atom is 0.252 e. The Kier molecular flexibility index (Phi) is 7.56. The molecule has 41 heavy (non-hydrogen) atoms. The Morgan fingerprint density at radius 3 is 2.54 bits per heavy atom. The second-order valence-corrected chi connectivity index (χ2v) is 15.2. The summed E-state index contributed by atoms with van der Waals surface area (Å²) in [4.78, 5) is 28.6. The normalized spacial score (nSPS) is 25.8. The van der Waals surface area contributed by atoms with Crippen molar-refractivity contribution >= 4 is 55.6 Å². The molecule has 0 spiro atoms. The third-order valence-electron chi connectivity index (χ3n) is 8.08. The summed E-state index contributed by atoms with van der Waals surface area (Å²) < 4.78 is 11.4. The Morgan fingerprint density at radius 1 is 1.07 bits per heavy atom. The number of ether oxygens (including phenoxy) is 1. The van der Waals surface area contributed by atoms with Crippen LogP contribution in [0.2, 0.25) is 5.02 Å². The first-order valence-corrected chi connectivity index (χ1v) is 16.6. The average Bonchev–Trinajstić information content (AvgIpc) is 2.95. The predicted octanol–water partition coefficient (Wildman–Crippen LogP) is 5.51. The summed E-state index contributed by atoms with van der Waals surface area (Å²) in [5, 5.41) is 5.48. The Bertz CT molecular complexity index is 1620. The summed E-state index contributed by atoms with van der Waals surface area (Å²) >= 11 is 6.60. The lowest BCUT2D eigenvalue weighted by Crippen LogP contribution is -2.45. The summed E-state index contributed by atoms with van der Waals surface area (Å²) in [7, 11) is 0.610. The third kappa shape index (κ3) is 5.73. The monoisotopic (exact) mass is 593 g/mol. The fourth-order valence-electron chi connectivity index (χ4n) is 5.79. The molecule has 2 N–H and O–H groups in total. The zero-order valence-corrected chi connectivity index (χ0v) is 25.4. The quantitative estimate of drug-likeness (QED) is 0.289. The topological polar surface area (TPSA) is 97.2 Å². The van der Waals surface area contributed by atoms with Crippen LogP contribution in [0.1, 0.15) is 26.1 Å². The van der Waals surface area contributed by atoms with Crippen molar-refractivity contribution in [3.05, 3.63) is 76.2 Å². The van der Waals surface area contributed by atoms with Gasteiger partial charge < -0.3 is 24.2 Å². The number of aromatic nitrogens is 4. The van der Waals surface area contributed by atoms with Crippen molar-refractivity contribution in [1.29, 1.82) is 0 Å². The minimum Gasteiger partial charge on any atom is -0.372 e. The zero-order chi connectivity index (χ0) is 28.7. The lowest BCUT2D eigenvalue weighted by molar-refractivity contribution is -0.00545. The molecule has 1 aromatic carbocycles. The molecule has 11 heteroatoms. The molecule has 0 saturated carbocycles. The third-order valence-corrected chi connectivity index (χ3v) is 12.0. The second kappa shape index (κ2) is 11.2. The summed E-state index contributed by atoms with van der Waals surface area (Å²) in [6, 6.07) is 11.6. The number of morpholine rings is 1. The number of fused-ring (bicyclic) bond motifs is 1. The standard InChI is InChI=1S/C30H36ClN7O2S/c1-19-17-38(18-20(2)40-19)29-14-26(24(31)16-34-29)35-21-6-7-27-23(12-21)25(15-30(39)37(27)3)36-41(4)11-8-22(41)13-28-32-9-5-10-33-28/h5-7,9-10,12,14-16,19-20,22,36H,8,11,13,17-18H2,1-4H3,(H,34,35)/t19-,20+,22?. The number of pyridine rings is 2. The van der Waals surface area contributed by atoms with Gasteiger partial charge in [0.15, 0.2) is 0 Å². The van der Waals surface area contributed by atoms with Crippen molar-refractivity contribution in [2.24, 2.45) is 7.05 Å². The number of nitrogens with zero attached hydrogens (tertiary/aromatic N) is 5. The summed E-state index contributed by atoms with van der Waals surface area (Å²) in [5.41, 5.74) is 3.35. The molecule has 2 unspecified atom stereocenters. The largest absolute Gasteiger partial charge is 0.372 e. The fourth-order valence-corrected chi connectivity index (χ4v) is 8.67. The maximum atomic E-state index is 12.9. The Labute approximate surface area is 246 Å². The van der Waals surface area contributed by atoms with Gasteiger partial charge >= 0.3 is 0 Å². The Hall–Kier alpha value is -3.34. The molecule has 2 aliphatic heterocycles. The molecule has 2 aliphatic rings. The van der Waals surface area contributed by atoms with E-state index in [1.54, 1.807) is 29.2 Å². The molecular weight excluding hydrogens is 558 g/mol. The molecule has 0 radical (unpaired) electrons. The van der Waals surface area contributed by atoms with E-state index in [1.165, 1.54) is 0 Å². The van der Waals surface area contributed by atoms with E-state index in [2.05, 4.69) is 56.1 Å². The molecule has 0 amide bonds. The highest BCUT2D eigenvalue weighted by Gasteiger charge is 2.39. The van der Waals surface area contributed by atoms with Crippen molar-refractivity contribution < 1.29 is 4.74 Å². The fraction of sp³-hybridized carbons (Fsp3) is 0.400. The van der Waals surface area contributed by atoms with E-state index in [9.17, 15) is 4.79 Å². The van der Waals surface area contributed by atoms with E-state index in [4.69, 9.17) is 16.3 Å². The predicted molar refractivity (Wildman–Crippen MR) is 170 cm³/mol. The number of aryl methyl sites for hydroxylation is 1. The van der Waals surface area contributed by atoms with Gasteiger partial charge in [0.1, 0.15) is 11.6 Å². The molecule has 0 bridgehead atoms. The molecule has 2 saturated heterocycles. The highest BCUT2D eigenvalue weighted by molar-refractivity contribution is 8.35. The molecule has 3 aromatic heterocycles. The van der Waals surface area contributed by atoms with Crippen LogP contribution in [0.25, 0.3) is 10.9 Å². The summed E-state index contributed by atoms with van der Waals surface area (Å²) in [6.07, 6.45) is 9.80. The first-order valence-electron chi connectivity index (χ1n) is 13.9. The summed E-state index contributed by atoms with van der Waals surface area (Å²) in [5.74, 6) is 2.82. The van der Waals surface area contributed by atoms with Gasteiger partial charge in [0.05, 0.1) is 40.3 Å². The SMILES string of the molecule is C[C@@H]1CN(c2cc(Nc3ccc4c(c3)c(NS3(C)CCC3Cc3ncccn3)cc(=O)n4C)c(Cl)cn2)C[C@H](C)O1. The van der Waals surface area contributed by atoms with E-state index < -0.39 is 10.2 Å². The molecule has 0 aliphatic carbocycles. The molecule has 216 valence electrons. The van der Waals surface area contributed by atoms with Crippen LogP contribution in [-0.2, 0) is 18.2 Å². The van der Waals surface area contributed by atoms with Crippen LogP contribution in [0.5, 0.6) is 0 Å². The molecule has 5 heterocycles. The first kappa shape index (κ1) is 27.8. The van der Waals surface area contributed by atoms with Crippen molar-refractivity contribution in [3.8, 4) is 0 Å². The molecule has 9 nitrogen and oxygen atoms in total. The van der Waals surface area contributed by atoms with Gasteiger partial charge in [-0.05, 0) is 56.5 Å². The van der Waals surface area contributed by atoms with E-state index in [1.807, 2.05) is 31.3 Å². The number of benzene rings is 1. The second-order valence-electron chi connectivity index (χ2n) is 11.2. The highest BCUT2D eigenvalue weighted by Crippen LogP contribution is 2.60. The van der Waals surface area contributed by atoms with Crippen molar-refractivity contribution in [1.82, 2.24) is 19.5 Å². The van der Waals surface area contributed by atoms with E-state index in [0.717, 1.165) is 71.3 Å². The van der Waals surface area contributed by atoms with E-state index in [0.29, 0.717) is 10.3 Å². The van der Waals surface area contributed by atoms with Crippen LogP contribution in [0.15, 0.2) is 59.8 Å². The number of anilines is 4. The smallest absolute Gasteiger partial charge is 0.252 e. The minimum absolute atomic E-state index is 0.0400. The van der Waals surface area contributed by atoms with E-state index >= 15 is 0 Å². The lowest BCUT2D eigenvalue weighted by atomic mass is 10.1. The van der Waals surface area contributed by atoms with Crippen molar-refractivity contribution in [2.45, 2.75) is 44.1 Å². The number of rotatable bonds is 7. The van der Waals surface area contributed by atoms with Gasteiger partial charge in [-0.25, -0.2) is 15.0 Å². The van der Waals surface area contributed by atoms with Gasteiger partial charge in [0, 0.05) is 67.4 Å². The van der Waals surface area contributed by atoms with Gasteiger partial charge in [0.2, 0.25) is 0 Å². The van der Waals surface area contributed by atoms with Crippen molar-refractivity contribution in [2.75, 3.05) is 40.0 Å². The Morgan fingerprint density at radius 2 is 1.83 bits per heavy atom. The van der Waals surface area contributed by atoms with Crippen molar-refractivity contribution in [3.63, 3.8) is 0 Å². The van der Waals surface area contributed by atoms with Crippen LogP contribution in [0, 0.1) is 0 Å². The number of halogens is 1. The van der Waals surface area contributed by atoms with Gasteiger partial charge in [0.25, 0.3) is 5.56 Å². The highest BCUT2D eigenvalue weighted by atomic mass is 35.5. The number of hydrogen-bond acceptors (Lipinski definition) is 8. The van der Waals surface area contributed by atoms with Crippen LogP contribution >= 0.6 is 21.8 Å². The molecule has 4 atom stereocenters. The molecular formula is C30H36ClN7O2S. The van der Waals surface area contributed by atoms with Crippen LogP contribution in [0.3, 0.4) is 0 Å². The van der Waals surface area contributed by atoms with Crippen LogP contribution in [-0.4, -0.2) is 62.1 Å². The number of nitrogens with one attached hydrogen (secondary N) is 2. The lowest BCUT2D eigenvalue weighted by Gasteiger charge is -2.53. The van der Waals surface area contributed by atoms with E-state index in [-0.39, 0.29) is 17.8 Å². The minimum atomic E-state index is -1.20. The molecule has 2 fully saturated rings. The summed E-state index contributed by atoms with van der Waals surface area (Å²) in [6.45, 7) is 5.70. The van der Waals surface area contributed by atoms with Gasteiger partial charge in [-0.1, -0.05) is 11.6 Å². The zero-order valence-electron chi connectivity index (χ0n) is 23.8. The van der Waals surface area contributed by atoms with Gasteiger partial charge in [-0.15, -0.1) is 0 Å². The molecule has 4 aromatic rings. The number of hydrogen-bond donors (Lipinski definition) is 2. The van der Waals surface area contributed by atoms with Gasteiger partial charge in [-0.2, -0.15) is 10.2 Å². The average molecular weight is 594 g/mol. The van der Waals surface area contributed by atoms with Crippen LogP contribution < -0.4 is 20.5 Å². The maximum absolute atomic E-state index is 12.9. The van der Waals surface area contributed by atoms with Gasteiger partial charge in [-0.3, -0.25) is 4.79 Å². The Balaban J connectivity index is 1.29.